The molecule has 0 aliphatic carbocycles. The van der Waals surface area contributed by atoms with E-state index in [9.17, 15) is 79.7 Å². The molecule has 2 aliphatic rings. The molecule has 0 spiro atoms. The minimum Gasteiger partial charge on any atom is -0.505 e. The number of halogens is 18. The van der Waals surface area contributed by atoms with E-state index in [0.717, 1.165) is 36.7 Å². The van der Waals surface area contributed by atoms with Crippen LogP contribution in [0.4, 0.5) is 86.3 Å². The summed E-state index contributed by atoms with van der Waals surface area (Å²) in [5.41, 5.74) is -4.45. The molecule has 0 unspecified atom stereocenters. The Hall–Kier alpha value is -6.30. The quantitative estimate of drug-likeness (QED) is 0.0742. The van der Waals surface area contributed by atoms with Crippen LogP contribution in [-0.4, -0.2) is 99.5 Å². The maximum absolute atomic E-state index is 13.0. The van der Waals surface area contributed by atoms with Gasteiger partial charge < -0.3 is 48.4 Å². The first-order chi connectivity index (χ1) is 36.8. The van der Waals surface area contributed by atoms with Crippen LogP contribution in [0.1, 0.15) is 53.5 Å². The second-order valence-electron chi connectivity index (χ2n) is 16.3. The molecule has 7 rings (SSSR count). The van der Waals surface area contributed by atoms with Crippen LogP contribution in [0.15, 0.2) is 91.3 Å². The van der Waals surface area contributed by atoms with Gasteiger partial charge in [0.15, 0.2) is 48.2 Å². The van der Waals surface area contributed by atoms with E-state index in [-0.39, 0.29) is 37.3 Å². The lowest BCUT2D eigenvalue weighted by Gasteiger charge is -2.33. The average Bonchev–Trinajstić information content (AvgIpc) is 3.40. The molecule has 2 N–H and O–H groups in total. The molecular weight excluding hydrogens is 1130 g/mol. The molecule has 0 amide bonds. The Bertz CT molecular complexity index is 2570. The lowest BCUT2D eigenvalue weighted by Crippen LogP contribution is -2.38. The number of hydrogen-bond donors (Lipinski definition) is 2. The number of piperidine rings is 2. The fourth-order valence-corrected chi connectivity index (χ4v) is 6.58. The van der Waals surface area contributed by atoms with Gasteiger partial charge in [0, 0.05) is 72.7 Å². The van der Waals surface area contributed by atoms with Crippen LogP contribution in [0.25, 0.3) is 0 Å². The number of phenolic OH excluding ortho intramolecular Hbond substituents is 1. The molecule has 2 aromatic heterocycles. The van der Waals surface area contributed by atoms with Crippen LogP contribution in [0, 0.1) is 11.6 Å². The first-order valence-electron chi connectivity index (χ1n) is 22.6. The highest BCUT2D eigenvalue weighted by Gasteiger charge is 2.35. The summed E-state index contributed by atoms with van der Waals surface area (Å²) in [6.07, 6.45) is -19.1. The SMILES string of the molecule is COCCl.COCOc1cc(C(F)(F)F)ccc1F.COCOc1cc(C(F)(F)F)ccc1OC1CCN(c2ccc(C(F)(F)F)cn2)CC1.OC1CCN(c2ccc(C(F)(F)F)cn2)CC1.Oc1cc(C(F)(F)F)ccc1F. The van der Waals surface area contributed by atoms with E-state index in [0.29, 0.717) is 106 Å². The number of nitrogens with zero attached hydrogens (tertiary/aromatic N) is 4. The zero-order valence-electron chi connectivity index (χ0n) is 41.5. The zero-order valence-corrected chi connectivity index (χ0v) is 42.3. The van der Waals surface area contributed by atoms with Crippen molar-refractivity contribution in [2.45, 2.75) is 68.8 Å². The molecule has 4 heterocycles. The van der Waals surface area contributed by atoms with E-state index in [1.165, 1.54) is 32.4 Å². The normalized spacial score (nSPS) is 14.5. The molecule has 2 aliphatic heterocycles. The number of aliphatic hydroxyl groups is 1. The van der Waals surface area contributed by atoms with Crippen molar-refractivity contribution >= 4 is 23.2 Å². The first kappa shape index (κ1) is 67.0. The average molecular weight is 1180 g/mol. The number of anilines is 2. The highest BCUT2D eigenvalue weighted by atomic mass is 35.5. The third-order valence-electron chi connectivity index (χ3n) is 10.6. The molecule has 440 valence electrons. The van der Waals surface area contributed by atoms with Crippen LogP contribution < -0.4 is 24.0 Å². The Balaban J connectivity index is 0.000000290. The molecule has 0 bridgehead atoms. The largest absolute Gasteiger partial charge is 0.505 e. The maximum Gasteiger partial charge on any atom is 0.417 e. The summed E-state index contributed by atoms with van der Waals surface area (Å²) in [5, 5.41) is 17.9. The number of benzene rings is 3. The molecule has 2 fully saturated rings. The molecule has 12 nitrogen and oxygen atoms in total. The number of alkyl halides is 16. The number of aromatic nitrogens is 2. The van der Waals surface area contributed by atoms with E-state index in [1.807, 2.05) is 9.80 Å². The summed E-state index contributed by atoms with van der Waals surface area (Å²) in [7, 11) is 4.18. The lowest BCUT2D eigenvalue weighted by molar-refractivity contribution is -0.138. The van der Waals surface area contributed by atoms with Crippen molar-refractivity contribution < 1.29 is 113 Å². The van der Waals surface area contributed by atoms with E-state index in [1.54, 1.807) is 7.11 Å². The van der Waals surface area contributed by atoms with Crippen molar-refractivity contribution in [2.24, 2.45) is 0 Å². The molecule has 3 aromatic carbocycles. The second kappa shape index (κ2) is 30.3. The fourth-order valence-electron chi connectivity index (χ4n) is 6.58. The standard InChI is InChI=1S/C20H20F6N2O3.C11H13F3N2O.C9H8F4O2.C7H4F4O.C2H5ClO/c1-29-12-30-17-10-13(19(21,22)23)2-4-16(17)31-15-6-8-28(9-7-15)18-5-3-14(11-27-18)20(24,25)26;12-11(13,14)8-1-2-10(15-7-8)16-5-3-9(17)4-6-16;1-14-5-15-8-4-6(9(11,12)13)2-3-7(8)10;8-5-2-1-4(3-6(5)12)7(9,10)11;1-4-2-3/h2-5,10-11,15H,6-9,12H2,1H3;1-2,7,9,17H,3-6H2;2-4H,5H2,1H3;1-3,12H;2H2,1H3. The predicted molar refractivity (Wildman–Crippen MR) is 250 cm³/mol. The molecule has 2 saturated heterocycles. The number of phenols is 1. The highest BCUT2D eigenvalue weighted by molar-refractivity contribution is 6.17. The van der Waals surface area contributed by atoms with Gasteiger partial charge in [0.1, 0.15) is 23.8 Å². The summed E-state index contributed by atoms with van der Waals surface area (Å²) in [4.78, 5) is 11.4. The van der Waals surface area contributed by atoms with E-state index in [4.69, 9.17) is 30.9 Å². The molecule has 0 saturated carbocycles. The number of ether oxygens (including phenoxy) is 6. The molecule has 5 aromatic rings. The summed E-state index contributed by atoms with van der Waals surface area (Å²) in [6.45, 7) is 1.64. The number of aromatic hydroxyl groups is 1. The fraction of sp³-hybridized carbons (Fsp3) is 0.429. The van der Waals surface area contributed by atoms with Gasteiger partial charge in [0.05, 0.1) is 33.9 Å². The third kappa shape index (κ3) is 22.8. The summed E-state index contributed by atoms with van der Waals surface area (Å²) in [6, 6.07) is 11.4. The van der Waals surface area contributed by atoms with E-state index in [2.05, 4.69) is 24.2 Å². The third-order valence-corrected chi connectivity index (χ3v) is 10.8. The number of methoxy groups -OCH3 is 3. The first-order valence-corrected chi connectivity index (χ1v) is 23.2. The number of rotatable bonds is 11. The van der Waals surface area contributed by atoms with Crippen LogP contribution in [-0.2, 0) is 45.1 Å². The zero-order chi connectivity index (χ0) is 59.4. The van der Waals surface area contributed by atoms with Gasteiger partial charge in [-0.1, -0.05) is 11.6 Å². The number of pyridine rings is 2. The summed E-state index contributed by atoms with van der Waals surface area (Å²) < 4.78 is 241. The van der Waals surface area contributed by atoms with E-state index < -0.39 is 81.8 Å². The predicted octanol–water partition coefficient (Wildman–Crippen LogP) is 13.4. The monoisotopic (exact) mass is 1180 g/mol. The minimum atomic E-state index is -4.55. The Morgan fingerprint density at radius 1 is 0.494 bits per heavy atom. The van der Waals surface area contributed by atoms with Crippen LogP contribution in [0.3, 0.4) is 0 Å². The van der Waals surface area contributed by atoms with Crippen molar-refractivity contribution in [3.63, 3.8) is 0 Å². The molecule has 79 heavy (non-hydrogen) atoms. The van der Waals surface area contributed by atoms with Gasteiger partial charge in [0.25, 0.3) is 0 Å². The van der Waals surface area contributed by atoms with Crippen LogP contribution in [0.2, 0.25) is 0 Å². The summed E-state index contributed by atoms with van der Waals surface area (Å²) in [5.74, 6) is -2.37. The Kier molecular flexibility index (Phi) is 25.7. The van der Waals surface area contributed by atoms with Crippen molar-refractivity contribution in [2.75, 3.05) is 77.0 Å². The van der Waals surface area contributed by atoms with Gasteiger partial charge in [-0.15, -0.1) is 0 Å². The van der Waals surface area contributed by atoms with Crippen LogP contribution in [0.5, 0.6) is 23.0 Å². The van der Waals surface area contributed by atoms with Gasteiger partial charge in [-0.05, 0) is 91.7 Å². The molecule has 0 atom stereocenters. The van der Waals surface area contributed by atoms with Crippen molar-refractivity contribution in [3.8, 4) is 23.0 Å². The van der Waals surface area contributed by atoms with Gasteiger partial charge in [-0.3, -0.25) is 0 Å². The Morgan fingerprint density at radius 2 is 0.861 bits per heavy atom. The van der Waals surface area contributed by atoms with E-state index >= 15 is 0 Å². The minimum absolute atomic E-state index is 0.0801. The Morgan fingerprint density at radius 3 is 1.24 bits per heavy atom. The molecule has 30 heteroatoms. The van der Waals surface area contributed by atoms with Gasteiger partial charge in [-0.2, -0.15) is 65.9 Å². The van der Waals surface area contributed by atoms with Crippen LogP contribution >= 0.6 is 11.6 Å². The topological polar surface area (TPSA) is 128 Å². The van der Waals surface area contributed by atoms with Crippen molar-refractivity contribution in [1.29, 1.82) is 0 Å². The number of hydrogen-bond acceptors (Lipinski definition) is 12. The second-order valence-corrected chi connectivity index (χ2v) is 16.5. The van der Waals surface area contributed by atoms with Gasteiger partial charge in [0.2, 0.25) is 0 Å². The van der Waals surface area contributed by atoms with Gasteiger partial charge in [-0.25, -0.2) is 18.7 Å². The summed E-state index contributed by atoms with van der Waals surface area (Å²) >= 11 is 4.96. The lowest BCUT2D eigenvalue weighted by atomic mass is 10.1. The molecule has 0 radical (unpaired) electrons. The van der Waals surface area contributed by atoms with Crippen molar-refractivity contribution in [3.05, 3.63) is 131 Å². The molecular formula is C49H50ClF17N4O8. The Labute approximate surface area is 445 Å². The number of aliphatic hydroxyl groups excluding tert-OH is 1. The maximum atomic E-state index is 13.0. The van der Waals surface area contributed by atoms with Crippen molar-refractivity contribution in [1.82, 2.24) is 9.97 Å². The smallest absolute Gasteiger partial charge is 0.417 e. The highest BCUT2D eigenvalue weighted by Crippen LogP contribution is 2.39. The van der Waals surface area contributed by atoms with Gasteiger partial charge >= 0.3 is 30.9 Å².